The summed E-state index contributed by atoms with van der Waals surface area (Å²) in [4.78, 5) is 2.37. The molecule has 26 heavy (non-hydrogen) atoms. The summed E-state index contributed by atoms with van der Waals surface area (Å²) in [6.45, 7) is 4.83. The third-order valence-electron chi connectivity index (χ3n) is 5.21. The molecule has 0 saturated carbocycles. The zero-order valence-corrected chi connectivity index (χ0v) is 16.0. The average Bonchev–Trinajstić information content (AvgIpc) is 2.89. The van der Waals surface area contributed by atoms with E-state index in [1.165, 1.54) is 21.8 Å². The Labute approximate surface area is 161 Å². The second-order valence-electron chi connectivity index (χ2n) is 6.88. The van der Waals surface area contributed by atoms with Crippen LogP contribution in [0.3, 0.4) is 0 Å². The highest BCUT2D eigenvalue weighted by atomic mass is 79.9. The van der Waals surface area contributed by atoms with Gasteiger partial charge in [0.25, 0.3) is 0 Å². The summed E-state index contributed by atoms with van der Waals surface area (Å²) in [7, 11) is -0.551. The van der Waals surface area contributed by atoms with E-state index in [-0.39, 0.29) is 6.10 Å². The van der Waals surface area contributed by atoms with Crippen LogP contribution in [0.2, 0.25) is 0 Å². The summed E-state index contributed by atoms with van der Waals surface area (Å²) in [5, 5.41) is 2.52. The van der Waals surface area contributed by atoms with Crippen molar-refractivity contribution in [2.24, 2.45) is 0 Å². The number of fused-ring (bicyclic) bond motifs is 9. The molecule has 3 aromatic rings. The van der Waals surface area contributed by atoms with Gasteiger partial charge in [-0.1, -0.05) is 34.1 Å². The number of halogens is 1. The quantitative estimate of drug-likeness (QED) is 0.603. The molecule has 0 amide bonds. The highest BCUT2D eigenvalue weighted by molar-refractivity contribution is 9.10. The van der Waals surface area contributed by atoms with Crippen LogP contribution < -0.4 is 0 Å². The first kappa shape index (κ1) is 16.8. The first-order chi connectivity index (χ1) is 12.8. The summed E-state index contributed by atoms with van der Waals surface area (Å²) in [5.74, 6) is 0. The number of nitrogens with zero attached hydrogens (tertiary/aromatic N) is 2. The van der Waals surface area contributed by atoms with Gasteiger partial charge in [0.15, 0.2) is 0 Å². The summed E-state index contributed by atoms with van der Waals surface area (Å²) in [6, 6.07) is 15.0. The minimum atomic E-state index is -0.551. The van der Waals surface area contributed by atoms with Gasteiger partial charge in [-0.3, -0.25) is 4.90 Å². The van der Waals surface area contributed by atoms with Gasteiger partial charge >= 0.3 is 7.32 Å². The van der Waals surface area contributed by atoms with Crippen molar-refractivity contribution in [2.75, 3.05) is 32.8 Å². The Morgan fingerprint density at radius 2 is 1.77 bits per heavy atom. The Hall–Kier alpha value is -1.38. The highest BCUT2D eigenvalue weighted by Crippen LogP contribution is 2.31. The molecule has 2 bridgehead atoms. The first-order valence-corrected chi connectivity index (χ1v) is 9.85. The Morgan fingerprint density at radius 1 is 1.00 bits per heavy atom. The summed E-state index contributed by atoms with van der Waals surface area (Å²) < 4.78 is 21.0. The molecule has 6 rings (SSSR count). The van der Waals surface area contributed by atoms with E-state index in [0.29, 0.717) is 13.2 Å². The van der Waals surface area contributed by atoms with Crippen LogP contribution in [-0.2, 0) is 20.5 Å². The molecule has 3 saturated heterocycles. The predicted molar refractivity (Wildman–Crippen MR) is 106 cm³/mol. The zero-order chi connectivity index (χ0) is 17.5. The third kappa shape index (κ3) is 3.08. The molecule has 3 fully saturated rings. The normalized spacial score (nSPS) is 24.0. The molecule has 0 unspecified atom stereocenters. The smallest absolute Gasteiger partial charge is 0.385 e. The number of hydrogen-bond donors (Lipinski definition) is 0. The van der Waals surface area contributed by atoms with Gasteiger partial charge in [-0.25, -0.2) is 0 Å². The standard InChI is InChI=1S/C19H20BBrN2O3/c21-14-5-6-19-17(11-14)16-3-1-2-4-18(16)23(19)13-15-12-22-7-9-24-20(26-15)25-10-8-22/h1-6,11,15H,7-10,12-13H2/t15-/m0/s1. The van der Waals surface area contributed by atoms with E-state index in [1.807, 2.05) is 0 Å². The maximum Gasteiger partial charge on any atom is 0.639 e. The lowest BCUT2D eigenvalue weighted by Gasteiger charge is -2.35. The van der Waals surface area contributed by atoms with Crippen LogP contribution in [0.1, 0.15) is 0 Å². The maximum atomic E-state index is 6.14. The molecule has 5 nitrogen and oxygen atoms in total. The molecule has 0 aliphatic carbocycles. The van der Waals surface area contributed by atoms with Crippen molar-refractivity contribution in [3.8, 4) is 0 Å². The molecule has 0 spiro atoms. The van der Waals surface area contributed by atoms with E-state index in [2.05, 4.69) is 67.9 Å². The van der Waals surface area contributed by atoms with Crippen molar-refractivity contribution in [1.82, 2.24) is 9.47 Å². The minimum Gasteiger partial charge on any atom is -0.385 e. The number of rotatable bonds is 2. The van der Waals surface area contributed by atoms with Crippen LogP contribution in [-0.4, -0.2) is 55.7 Å². The number of benzene rings is 2. The van der Waals surface area contributed by atoms with E-state index >= 15 is 0 Å². The van der Waals surface area contributed by atoms with E-state index in [0.717, 1.165) is 30.7 Å². The van der Waals surface area contributed by atoms with Crippen LogP contribution in [0.15, 0.2) is 46.9 Å². The lowest BCUT2D eigenvalue weighted by molar-refractivity contribution is -0.0232. The number of para-hydroxylation sites is 1. The first-order valence-electron chi connectivity index (χ1n) is 9.05. The Bertz CT molecular complexity index is 923. The molecule has 134 valence electrons. The monoisotopic (exact) mass is 414 g/mol. The van der Waals surface area contributed by atoms with Crippen LogP contribution in [0.4, 0.5) is 0 Å². The molecule has 7 heteroatoms. The van der Waals surface area contributed by atoms with E-state index in [4.69, 9.17) is 14.0 Å². The average molecular weight is 415 g/mol. The van der Waals surface area contributed by atoms with Crippen molar-refractivity contribution < 1.29 is 14.0 Å². The lowest BCUT2D eigenvalue weighted by Crippen LogP contribution is -2.50. The fraction of sp³-hybridized carbons (Fsp3) is 0.368. The summed E-state index contributed by atoms with van der Waals surface area (Å²) >= 11 is 3.60. The fourth-order valence-corrected chi connectivity index (χ4v) is 4.35. The third-order valence-corrected chi connectivity index (χ3v) is 5.70. The Morgan fingerprint density at radius 3 is 2.62 bits per heavy atom. The molecule has 2 aromatic carbocycles. The number of aromatic nitrogens is 1. The van der Waals surface area contributed by atoms with Crippen molar-refractivity contribution in [3.05, 3.63) is 46.9 Å². The van der Waals surface area contributed by atoms with Crippen molar-refractivity contribution in [3.63, 3.8) is 0 Å². The second-order valence-corrected chi connectivity index (χ2v) is 7.79. The lowest BCUT2D eigenvalue weighted by atomic mass is 10.1. The molecule has 0 radical (unpaired) electrons. The van der Waals surface area contributed by atoms with E-state index in [9.17, 15) is 0 Å². The van der Waals surface area contributed by atoms with Gasteiger partial charge in [0.05, 0.1) is 6.10 Å². The summed E-state index contributed by atoms with van der Waals surface area (Å²) in [5.41, 5.74) is 2.45. The molecule has 4 heterocycles. The van der Waals surface area contributed by atoms with Crippen LogP contribution in [0.25, 0.3) is 21.8 Å². The van der Waals surface area contributed by atoms with Gasteiger partial charge in [0.2, 0.25) is 0 Å². The SMILES string of the molecule is Brc1ccc2c(c1)c1ccccc1n2C[C@@H]1CN2CCOB(OCC2)O1. The molecule has 3 aliphatic rings. The molecule has 3 aliphatic heterocycles. The maximum absolute atomic E-state index is 6.14. The Balaban J connectivity index is 1.56. The van der Waals surface area contributed by atoms with Crippen LogP contribution in [0.5, 0.6) is 0 Å². The van der Waals surface area contributed by atoms with Crippen molar-refractivity contribution >= 4 is 45.1 Å². The summed E-state index contributed by atoms with van der Waals surface area (Å²) in [6.07, 6.45) is 0.0169. The second kappa shape index (κ2) is 6.98. The van der Waals surface area contributed by atoms with Crippen molar-refractivity contribution in [1.29, 1.82) is 0 Å². The van der Waals surface area contributed by atoms with Gasteiger partial charge in [0, 0.05) is 65.7 Å². The molecular formula is C19H20BBrN2O3. The van der Waals surface area contributed by atoms with Gasteiger partial charge in [-0.15, -0.1) is 0 Å². The van der Waals surface area contributed by atoms with Crippen LogP contribution >= 0.6 is 15.9 Å². The molecule has 1 atom stereocenters. The fourth-order valence-electron chi connectivity index (χ4n) is 3.99. The van der Waals surface area contributed by atoms with Gasteiger partial charge in [0.1, 0.15) is 0 Å². The number of hydrogen-bond acceptors (Lipinski definition) is 4. The van der Waals surface area contributed by atoms with Gasteiger partial charge < -0.3 is 18.5 Å². The molecule has 0 N–H and O–H groups in total. The molecule has 1 aromatic heterocycles. The van der Waals surface area contributed by atoms with Gasteiger partial charge in [-0.2, -0.15) is 0 Å². The van der Waals surface area contributed by atoms with Gasteiger partial charge in [-0.05, 0) is 24.3 Å². The van der Waals surface area contributed by atoms with Crippen molar-refractivity contribution in [2.45, 2.75) is 12.6 Å². The molecular weight excluding hydrogens is 395 g/mol. The highest BCUT2D eigenvalue weighted by Gasteiger charge is 2.33. The van der Waals surface area contributed by atoms with E-state index in [1.54, 1.807) is 0 Å². The minimum absolute atomic E-state index is 0.0169. The predicted octanol–water partition coefficient (Wildman–Crippen LogP) is 3.29. The zero-order valence-electron chi connectivity index (χ0n) is 14.4. The topological polar surface area (TPSA) is 35.9 Å². The Kier molecular flexibility index (Phi) is 4.50. The van der Waals surface area contributed by atoms with Crippen LogP contribution in [0, 0.1) is 0 Å². The largest absolute Gasteiger partial charge is 0.639 e. The van der Waals surface area contributed by atoms with E-state index < -0.39 is 7.32 Å².